The standard InChI is InChI=1S/C32H32BrN5O4.ClH/c1-20(34-2)31(40)36-26-19-37(30(39)17-23-8-6-7-15-35-23)27-9-4-5-10-28(27)38(32(26)41)18-25-24-13-12-22(33)16-21(24)11-14-29(25)42-3;/h4-16,20,26,34H,17-19H2,1-3H3,(H,36,40);1H. The first-order valence-corrected chi connectivity index (χ1v) is 14.4. The summed E-state index contributed by atoms with van der Waals surface area (Å²) in [5.41, 5.74) is 2.56. The van der Waals surface area contributed by atoms with Gasteiger partial charge in [-0.05, 0) is 67.2 Å². The number of pyridine rings is 1. The monoisotopic (exact) mass is 665 g/mol. The highest BCUT2D eigenvalue weighted by Crippen LogP contribution is 2.37. The fraction of sp³-hybridized carbons (Fsp3) is 0.250. The molecule has 0 saturated heterocycles. The smallest absolute Gasteiger partial charge is 0.251 e. The van der Waals surface area contributed by atoms with Crippen molar-refractivity contribution in [1.29, 1.82) is 0 Å². The van der Waals surface area contributed by atoms with Gasteiger partial charge in [0, 0.05) is 21.9 Å². The molecule has 0 saturated carbocycles. The zero-order chi connectivity index (χ0) is 29.8. The SMILES string of the molecule is CNC(C)C(=O)NC1CN(C(=O)Cc2ccccn2)c2ccccc2N(Cc2c(OC)ccc3cc(Br)ccc23)C1=O.Cl. The number of halogens is 2. The van der Waals surface area contributed by atoms with Crippen molar-refractivity contribution in [3.8, 4) is 5.75 Å². The molecule has 1 aliphatic rings. The molecule has 43 heavy (non-hydrogen) atoms. The van der Waals surface area contributed by atoms with E-state index in [9.17, 15) is 14.4 Å². The number of nitrogens with one attached hydrogen (secondary N) is 2. The zero-order valence-electron chi connectivity index (χ0n) is 24.0. The van der Waals surface area contributed by atoms with Crippen LogP contribution in [0.3, 0.4) is 0 Å². The highest BCUT2D eigenvalue weighted by Gasteiger charge is 2.37. The Morgan fingerprint density at radius 2 is 1.81 bits per heavy atom. The van der Waals surface area contributed by atoms with Gasteiger partial charge in [0.25, 0.3) is 5.91 Å². The lowest BCUT2D eigenvalue weighted by Gasteiger charge is -2.27. The Morgan fingerprint density at radius 1 is 1.07 bits per heavy atom. The number of carbonyl (C=O) groups is 3. The summed E-state index contributed by atoms with van der Waals surface area (Å²) in [4.78, 5) is 48.7. The van der Waals surface area contributed by atoms with E-state index >= 15 is 0 Å². The van der Waals surface area contributed by atoms with Crippen LogP contribution in [-0.4, -0.2) is 55.5 Å². The molecular weight excluding hydrogens is 634 g/mol. The molecule has 3 aromatic carbocycles. The average Bonchev–Trinajstić information content (AvgIpc) is 3.11. The van der Waals surface area contributed by atoms with Gasteiger partial charge in [-0.1, -0.05) is 46.3 Å². The van der Waals surface area contributed by atoms with Crippen LogP contribution in [0.2, 0.25) is 0 Å². The van der Waals surface area contributed by atoms with Crippen molar-refractivity contribution in [3.63, 3.8) is 0 Å². The van der Waals surface area contributed by atoms with Gasteiger partial charge < -0.3 is 25.2 Å². The van der Waals surface area contributed by atoms with Gasteiger partial charge in [-0.2, -0.15) is 0 Å². The minimum Gasteiger partial charge on any atom is -0.496 e. The first-order chi connectivity index (χ1) is 20.3. The molecular formula is C32H33BrClN5O4. The number of benzene rings is 3. The van der Waals surface area contributed by atoms with E-state index in [1.54, 1.807) is 49.2 Å². The Morgan fingerprint density at radius 3 is 2.51 bits per heavy atom. The first-order valence-electron chi connectivity index (χ1n) is 13.6. The number of methoxy groups -OCH3 is 1. The quantitative estimate of drug-likeness (QED) is 0.284. The molecule has 1 aliphatic heterocycles. The number of carbonyl (C=O) groups excluding carboxylic acids is 3. The lowest BCUT2D eigenvalue weighted by atomic mass is 10.0. The second-order valence-electron chi connectivity index (χ2n) is 10.1. The number of ether oxygens (including phenoxy) is 1. The van der Waals surface area contributed by atoms with E-state index in [-0.39, 0.29) is 49.6 Å². The molecule has 2 N–H and O–H groups in total. The van der Waals surface area contributed by atoms with Crippen LogP contribution in [0, 0.1) is 0 Å². The summed E-state index contributed by atoms with van der Waals surface area (Å²) in [7, 11) is 3.27. The lowest BCUT2D eigenvalue weighted by Crippen LogP contribution is -2.55. The molecule has 0 fully saturated rings. The van der Waals surface area contributed by atoms with Crippen LogP contribution in [0.15, 0.2) is 83.5 Å². The maximum absolute atomic E-state index is 14.4. The van der Waals surface area contributed by atoms with Crippen LogP contribution in [-0.2, 0) is 27.3 Å². The van der Waals surface area contributed by atoms with E-state index in [1.807, 2.05) is 60.7 Å². The van der Waals surface area contributed by atoms with Crippen molar-refractivity contribution in [3.05, 3.63) is 94.7 Å². The molecule has 2 unspecified atom stereocenters. The third-order valence-corrected chi connectivity index (χ3v) is 7.97. The summed E-state index contributed by atoms with van der Waals surface area (Å²) >= 11 is 3.54. The molecule has 224 valence electrons. The number of fused-ring (bicyclic) bond motifs is 2. The highest BCUT2D eigenvalue weighted by atomic mass is 79.9. The average molecular weight is 667 g/mol. The number of rotatable bonds is 8. The van der Waals surface area contributed by atoms with Crippen molar-refractivity contribution < 1.29 is 19.1 Å². The van der Waals surface area contributed by atoms with Gasteiger partial charge in [0.2, 0.25) is 11.8 Å². The molecule has 1 aromatic heterocycles. The van der Waals surface area contributed by atoms with Crippen molar-refractivity contribution in [2.75, 3.05) is 30.5 Å². The van der Waals surface area contributed by atoms with Gasteiger partial charge >= 0.3 is 0 Å². The number of anilines is 2. The molecule has 11 heteroatoms. The minimum atomic E-state index is -0.997. The Bertz CT molecular complexity index is 1640. The molecule has 9 nitrogen and oxygen atoms in total. The molecule has 2 atom stereocenters. The summed E-state index contributed by atoms with van der Waals surface area (Å²) in [5.74, 6) is -0.272. The van der Waals surface area contributed by atoms with Gasteiger partial charge in [0.05, 0.1) is 44.0 Å². The van der Waals surface area contributed by atoms with Crippen LogP contribution >= 0.6 is 28.3 Å². The number of amides is 3. The molecule has 3 amide bonds. The van der Waals surface area contributed by atoms with Crippen molar-refractivity contribution in [1.82, 2.24) is 15.6 Å². The number of hydrogen-bond acceptors (Lipinski definition) is 6. The Kier molecular flexibility index (Phi) is 10.4. The van der Waals surface area contributed by atoms with Crippen LogP contribution in [0.5, 0.6) is 5.75 Å². The third kappa shape index (κ3) is 6.82. The zero-order valence-corrected chi connectivity index (χ0v) is 26.4. The topological polar surface area (TPSA) is 104 Å². The van der Waals surface area contributed by atoms with E-state index in [1.165, 1.54) is 0 Å². The normalized spacial score (nSPS) is 15.3. The molecule has 0 bridgehead atoms. The van der Waals surface area contributed by atoms with Crippen LogP contribution < -0.4 is 25.2 Å². The number of aromatic nitrogens is 1. The predicted molar refractivity (Wildman–Crippen MR) is 174 cm³/mol. The first kappa shape index (κ1) is 31.9. The summed E-state index contributed by atoms with van der Waals surface area (Å²) in [5, 5.41) is 7.72. The Hall–Kier alpha value is -3.99. The molecule has 5 rings (SSSR count). The number of hydrogen-bond donors (Lipinski definition) is 2. The minimum absolute atomic E-state index is 0. The van der Waals surface area contributed by atoms with Crippen molar-refractivity contribution in [2.24, 2.45) is 0 Å². The third-order valence-electron chi connectivity index (χ3n) is 7.48. The van der Waals surface area contributed by atoms with E-state index in [0.717, 1.165) is 20.8 Å². The molecule has 0 radical (unpaired) electrons. The van der Waals surface area contributed by atoms with Crippen molar-refractivity contribution in [2.45, 2.75) is 32.0 Å². The fourth-order valence-electron chi connectivity index (χ4n) is 5.13. The Balaban J connectivity index is 0.00000423. The maximum atomic E-state index is 14.4. The summed E-state index contributed by atoms with van der Waals surface area (Å²) < 4.78 is 6.68. The largest absolute Gasteiger partial charge is 0.496 e. The van der Waals surface area contributed by atoms with Crippen LogP contribution in [0.4, 0.5) is 11.4 Å². The van der Waals surface area contributed by atoms with Crippen LogP contribution in [0.25, 0.3) is 10.8 Å². The van der Waals surface area contributed by atoms with Gasteiger partial charge in [-0.25, -0.2) is 0 Å². The van der Waals surface area contributed by atoms with Gasteiger partial charge in [-0.15, -0.1) is 12.4 Å². The predicted octanol–water partition coefficient (Wildman–Crippen LogP) is 4.64. The number of nitrogens with zero attached hydrogens (tertiary/aromatic N) is 3. The van der Waals surface area contributed by atoms with Gasteiger partial charge in [-0.3, -0.25) is 19.4 Å². The van der Waals surface area contributed by atoms with E-state index in [2.05, 4.69) is 31.5 Å². The molecule has 0 aliphatic carbocycles. The van der Waals surface area contributed by atoms with E-state index in [4.69, 9.17) is 4.74 Å². The molecule has 0 spiro atoms. The molecule has 4 aromatic rings. The Labute approximate surface area is 265 Å². The number of para-hydroxylation sites is 2. The second-order valence-corrected chi connectivity index (χ2v) is 11.0. The summed E-state index contributed by atoms with van der Waals surface area (Å²) in [6.45, 7) is 1.85. The van der Waals surface area contributed by atoms with Gasteiger partial charge in [0.1, 0.15) is 11.8 Å². The maximum Gasteiger partial charge on any atom is 0.251 e. The second kappa shape index (κ2) is 14.0. The van der Waals surface area contributed by atoms with E-state index < -0.39 is 12.1 Å². The van der Waals surface area contributed by atoms with E-state index in [0.29, 0.717) is 22.8 Å². The van der Waals surface area contributed by atoms with Crippen LogP contribution in [0.1, 0.15) is 18.2 Å². The summed E-state index contributed by atoms with van der Waals surface area (Å²) in [6.07, 6.45) is 1.69. The lowest BCUT2D eigenvalue weighted by molar-refractivity contribution is -0.128. The van der Waals surface area contributed by atoms with Gasteiger partial charge in [0.15, 0.2) is 0 Å². The number of likely N-dealkylation sites (N-methyl/N-ethyl adjacent to an activating group) is 1. The fourth-order valence-corrected chi connectivity index (χ4v) is 5.51. The highest BCUT2D eigenvalue weighted by molar-refractivity contribution is 9.10. The van der Waals surface area contributed by atoms with Crippen molar-refractivity contribution >= 4 is 68.2 Å². The summed E-state index contributed by atoms with van der Waals surface area (Å²) in [6, 6.07) is 21.0. The molecule has 2 heterocycles.